The predicted molar refractivity (Wildman–Crippen MR) is 144 cm³/mol. The van der Waals surface area contributed by atoms with E-state index < -0.39 is 32.2 Å². The minimum Gasteiger partial charge on any atom is -0.480 e. The van der Waals surface area contributed by atoms with Crippen LogP contribution < -0.4 is 13.8 Å². The van der Waals surface area contributed by atoms with Crippen LogP contribution in [0.25, 0.3) is 10.8 Å². The van der Waals surface area contributed by atoms with Gasteiger partial charge in [-0.2, -0.15) is 13.1 Å². The fourth-order valence-electron chi connectivity index (χ4n) is 4.24. The number of carboxylic acid groups (broad SMARTS) is 1. The van der Waals surface area contributed by atoms with Gasteiger partial charge in [-0.15, -0.1) is 0 Å². The Kier molecular flexibility index (Phi) is 7.68. The lowest BCUT2D eigenvalue weighted by molar-refractivity contribution is -0.138. The van der Waals surface area contributed by atoms with Crippen molar-refractivity contribution in [2.24, 2.45) is 0 Å². The van der Waals surface area contributed by atoms with Crippen molar-refractivity contribution >= 4 is 42.6 Å². The molecule has 2 N–H and O–H groups in total. The molecule has 11 nitrogen and oxygen atoms in total. The average molecular weight is 574 g/mol. The zero-order chi connectivity index (χ0) is 28.5. The molecule has 0 saturated heterocycles. The molecule has 206 valence electrons. The first-order valence-electron chi connectivity index (χ1n) is 11.7. The van der Waals surface area contributed by atoms with E-state index in [1.54, 1.807) is 18.2 Å². The maximum atomic E-state index is 13.2. The van der Waals surface area contributed by atoms with E-state index >= 15 is 0 Å². The highest BCUT2D eigenvalue weighted by Gasteiger charge is 2.30. The van der Waals surface area contributed by atoms with E-state index in [1.165, 1.54) is 44.2 Å². The van der Waals surface area contributed by atoms with Crippen LogP contribution in [0.1, 0.15) is 17.0 Å². The molecule has 13 heteroatoms. The Morgan fingerprint density at radius 1 is 1.00 bits per heavy atom. The molecule has 1 atom stereocenters. The third kappa shape index (κ3) is 5.90. The first kappa shape index (κ1) is 28.1. The van der Waals surface area contributed by atoms with Crippen molar-refractivity contribution in [2.45, 2.75) is 36.1 Å². The zero-order valence-electron chi connectivity index (χ0n) is 21.6. The van der Waals surface area contributed by atoms with Crippen molar-refractivity contribution in [1.82, 2.24) is 9.88 Å². The number of aliphatic carboxylic acids is 1. The monoisotopic (exact) mass is 573 g/mol. The van der Waals surface area contributed by atoms with Crippen LogP contribution in [-0.2, 0) is 31.4 Å². The maximum Gasteiger partial charge on any atom is 0.339 e. The first-order valence-corrected chi connectivity index (χ1v) is 14.6. The Bertz CT molecular complexity index is 1730. The van der Waals surface area contributed by atoms with Crippen LogP contribution in [0.2, 0.25) is 0 Å². The summed E-state index contributed by atoms with van der Waals surface area (Å²) in [6, 6.07) is 14.5. The summed E-state index contributed by atoms with van der Waals surface area (Å²) in [4.78, 5) is 13.5. The number of fused-ring (bicyclic) bond motifs is 1. The number of aromatic nitrogens is 1. The molecule has 0 spiro atoms. The van der Waals surface area contributed by atoms with Crippen molar-refractivity contribution in [3.8, 4) is 5.75 Å². The van der Waals surface area contributed by atoms with Gasteiger partial charge in [0, 0.05) is 30.6 Å². The second kappa shape index (κ2) is 10.7. The maximum absolute atomic E-state index is 13.2. The van der Waals surface area contributed by atoms with Gasteiger partial charge in [-0.05, 0) is 50.1 Å². The second-order valence-corrected chi connectivity index (χ2v) is 12.2. The summed E-state index contributed by atoms with van der Waals surface area (Å²) >= 11 is 0. The molecule has 0 aliphatic carbocycles. The number of benzene rings is 3. The highest BCUT2D eigenvalue weighted by Crippen LogP contribution is 2.31. The van der Waals surface area contributed by atoms with Gasteiger partial charge in [0.05, 0.1) is 0 Å². The Hall–Kier alpha value is -3.94. The average Bonchev–Trinajstić information content (AvgIpc) is 3.22. The number of sulfonamides is 1. The number of hydrogen-bond donors (Lipinski definition) is 2. The lowest BCUT2D eigenvalue weighted by atomic mass is 10.1. The summed E-state index contributed by atoms with van der Waals surface area (Å²) < 4.78 is 64.3. The van der Waals surface area contributed by atoms with Crippen molar-refractivity contribution in [3.63, 3.8) is 0 Å². The van der Waals surface area contributed by atoms with Crippen molar-refractivity contribution in [3.05, 3.63) is 77.7 Å². The molecule has 0 unspecified atom stereocenters. The quantitative estimate of drug-likeness (QED) is 0.270. The van der Waals surface area contributed by atoms with Crippen LogP contribution in [0.5, 0.6) is 5.75 Å². The van der Waals surface area contributed by atoms with E-state index in [0.29, 0.717) is 10.9 Å². The summed E-state index contributed by atoms with van der Waals surface area (Å²) in [5, 5.41) is 14.5. The molecule has 0 radical (unpaired) electrons. The minimum absolute atomic E-state index is 0.00690. The van der Waals surface area contributed by atoms with E-state index in [2.05, 4.69) is 9.88 Å². The SMILES string of the molecule is Cc1noc(C)c1S(=O)(=O)N[C@@H](Cc1ccc(OS(=O)(=O)c2cccc3c(N(C)C)cccc23)cc1)C(=O)O. The predicted octanol–water partition coefficient (Wildman–Crippen LogP) is 3.25. The number of hydrogen-bond acceptors (Lipinski definition) is 9. The van der Waals surface area contributed by atoms with Gasteiger partial charge >= 0.3 is 16.1 Å². The Morgan fingerprint density at radius 2 is 1.64 bits per heavy atom. The van der Waals surface area contributed by atoms with Crippen LogP contribution in [0.3, 0.4) is 0 Å². The molecular formula is C26H27N3O8S2. The second-order valence-electron chi connectivity index (χ2n) is 9.07. The molecule has 0 fully saturated rings. The molecule has 4 rings (SSSR count). The molecule has 4 aromatic rings. The summed E-state index contributed by atoms with van der Waals surface area (Å²) in [7, 11) is -4.70. The number of carbonyl (C=O) groups is 1. The molecular weight excluding hydrogens is 546 g/mol. The highest BCUT2D eigenvalue weighted by atomic mass is 32.2. The fourth-order valence-corrected chi connectivity index (χ4v) is 6.91. The van der Waals surface area contributed by atoms with Gasteiger partial charge in [0.25, 0.3) is 0 Å². The standard InChI is InChI=1S/C26H27N3O8S2/c1-16-25(17(2)36-27-16)38(32,33)28-22(26(30)31)15-18-11-13-19(14-12-18)37-39(34,35)24-10-6-7-20-21(24)8-5-9-23(20)29(3)4/h5-14,22,28H,15H2,1-4H3,(H,30,31)/t22-/m0/s1. The fraction of sp³-hybridized carbons (Fsp3) is 0.231. The number of anilines is 1. The van der Waals surface area contributed by atoms with Crippen LogP contribution in [-0.4, -0.2) is 53.2 Å². The van der Waals surface area contributed by atoms with Crippen LogP contribution >= 0.6 is 0 Å². The first-order chi connectivity index (χ1) is 18.3. The van der Waals surface area contributed by atoms with E-state index in [4.69, 9.17) is 8.71 Å². The molecule has 0 bridgehead atoms. The molecule has 0 aliphatic heterocycles. The lowest BCUT2D eigenvalue weighted by Gasteiger charge is -2.17. The van der Waals surface area contributed by atoms with Crippen LogP contribution in [0.15, 0.2) is 75.0 Å². The number of carboxylic acids is 1. The molecule has 0 amide bonds. The van der Waals surface area contributed by atoms with E-state index in [9.17, 15) is 26.7 Å². The number of nitrogens with zero attached hydrogens (tertiary/aromatic N) is 2. The largest absolute Gasteiger partial charge is 0.480 e. The highest BCUT2D eigenvalue weighted by molar-refractivity contribution is 7.89. The molecule has 1 aromatic heterocycles. The summed E-state index contributed by atoms with van der Waals surface area (Å²) in [5.74, 6) is -1.33. The molecule has 0 aliphatic rings. The zero-order valence-corrected chi connectivity index (χ0v) is 23.2. The Labute approximate surface area is 226 Å². The van der Waals surface area contributed by atoms with Crippen LogP contribution in [0.4, 0.5) is 5.69 Å². The van der Waals surface area contributed by atoms with E-state index in [-0.39, 0.29) is 33.4 Å². The number of rotatable bonds is 10. The Balaban J connectivity index is 1.54. The third-order valence-electron chi connectivity index (χ3n) is 6.01. The molecule has 0 saturated carbocycles. The van der Waals surface area contributed by atoms with Crippen LogP contribution in [0, 0.1) is 13.8 Å². The molecule has 1 heterocycles. The van der Waals surface area contributed by atoms with Gasteiger partial charge in [0.1, 0.15) is 27.3 Å². The van der Waals surface area contributed by atoms with E-state index in [1.807, 2.05) is 31.1 Å². The van der Waals surface area contributed by atoms with Gasteiger partial charge in [-0.1, -0.05) is 41.6 Å². The summed E-state index contributed by atoms with van der Waals surface area (Å²) in [6.45, 7) is 2.85. The number of nitrogens with one attached hydrogen (secondary N) is 1. The smallest absolute Gasteiger partial charge is 0.339 e. The van der Waals surface area contributed by atoms with E-state index in [0.717, 1.165) is 11.1 Å². The van der Waals surface area contributed by atoms with Crippen molar-refractivity contribution in [2.75, 3.05) is 19.0 Å². The summed E-state index contributed by atoms with van der Waals surface area (Å²) in [5.41, 5.74) is 1.40. The third-order valence-corrected chi connectivity index (χ3v) is 9.03. The molecule has 39 heavy (non-hydrogen) atoms. The summed E-state index contributed by atoms with van der Waals surface area (Å²) in [6.07, 6.45) is -0.207. The van der Waals surface area contributed by atoms with Gasteiger partial charge in [0.15, 0.2) is 5.76 Å². The van der Waals surface area contributed by atoms with Gasteiger partial charge in [0.2, 0.25) is 10.0 Å². The number of aryl methyl sites for hydroxylation is 2. The lowest BCUT2D eigenvalue weighted by Crippen LogP contribution is -2.42. The normalized spacial score (nSPS) is 12.8. The van der Waals surface area contributed by atoms with Crippen molar-refractivity contribution in [1.29, 1.82) is 0 Å². The van der Waals surface area contributed by atoms with Crippen molar-refractivity contribution < 1.29 is 35.4 Å². The topological polar surface area (TPSA) is 156 Å². The molecule has 3 aromatic carbocycles. The minimum atomic E-state index is -4.23. The van der Waals surface area contributed by atoms with Gasteiger partial charge in [-0.3, -0.25) is 4.79 Å². The van der Waals surface area contributed by atoms with Gasteiger partial charge in [-0.25, -0.2) is 8.42 Å². The van der Waals surface area contributed by atoms with Gasteiger partial charge < -0.3 is 18.7 Å². The Morgan fingerprint density at radius 3 is 2.23 bits per heavy atom.